The van der Waals surface area contributed by atoms with E-state index in [0.29, 0.717) is 11.5 Å². The van der Waals surface area contributed by atoms with Crippen LogP contribution in [0.1, 0.15) is 20.8 Å². The summed E-state index contributed by atoms with van der Waals surface area (Å²) in [6.07, 6.45) is 1.07. The van der Waals surface area contributed by atoms with E-state index in [4.69, 9.17) is 4.74 Å². The Labute approximate surface area is 117 Å². The topological polar surface area (TPSA) is 92.3 Å². The number of carbonyl (C=O) groups excluding carboxylic acids is 2. The van der Waals surface area contributed by atoms with Gasteiger partial charge in [-0.1, -0.05) is 0 Å². The highest BCUT2D eigenvalue weighted by Gasteiger charge is 2.27. The van der Waals surface area contributed by atoms with E-state index in [1.54, 1.807) is 39.1 Å². The number of hydrogen-bond acceptors (Lipinski definition) is 5. The monoisotopic (exact) mass is 278 g/mol. The van der Waals surface area contributed by atoms with Crippen LogP contribution in [-0.2, 0) is 9.53 Å². The van der Waals surface area contributed by atoms with E-state index >= 15 is 0 Å². The Bertz CT molecular complexity index is 525. The van der Waals surface area contributed by atoms with Crippen LogP contribution in [0.2, 0.25) is 0 Å². The molecule has 2 amide bonds. The molecule has 2 rings (SSSR count). The summed E-state index contributed by atoms with van der Waals surface area (Å²) in [6.45, 7) is 5.45. The van der Waals surface area contributed by atoms with Crippen molar-refractivity contribution in [2.45, 2.75) is 32.4 Å². The molecule has 0 saturated heterocycles. The molecule has 0 spiro atoms. The van der Waals surface area contributed by atoms with Gasteiger partial charge in [0.25, 0.3) is 0 Å². The first-order valence-electron chi connectivity index (χ1n) is 6.34. The Balaban J connectivity index is 1.92. The first-order valence-corrected chi connectivity index (χ1v) is 6.34. The van der Waals surface area contributed by atoms with E-state index in [-0.39, 0.29) is 12.5 Å². The molecule has 7 heteroatoms. The van der Waals surface area contributed by atoms with Crippen molar-refractivity contribution in [1.82, 2.24) is 10.3 Å². The minimum atomic E-state index is -0.579. The van der Waals surface area contributed by atoms with Crippen molar-refractivity contribution in [2.24, 2.45) is 0 Å². The van der Waals surface area contributed by atoms with Crippen LogP contribution in [0.25, 0.3) is 0 Å². The fourth-order valence-corrected chi connectivity index (χ4v) is 1.71. The Kier molecular flexibility index (Phi) is 3.78. The number of hydrogen-bond donors (Lipinski definition) is 3. The maximum absolute atomic E-state index is 11.9. The molecule has 108 valence electrons. The molecule has 0 bridgehead atoms. The lowest BCUT2D eigenvalue weighted by Gasteiger charge is -2.26. The Morgan fingerprint density at radius 1 is 1.50 bits per heavy atom. The van der Waals surface area contributed by atoms with Gasteiger partial charge in [-0.2, -0.15) is 0 Å². The SMILES string of the molecule is CC(C)(C)OC(=O)NC[C@H]1Nc2ncccc2NC1=O. The zero-order valence-corrected chi connectivity index (χ0v) is 11.7. The lowest BCUT2D eigenvalue weighted by molar-refractivity contribution is -0.117. The van der Waals surface area contributed by atoms with Gasteiger partial charge in [-0.25, -0.2) is 9.78 Å². The fraction of sp³-hybridized carbons (Fsp3) is 0.462. The predicted molar refractivity (Wildman–Crippen MR) is 74.5 cm³/mol. The highest BCUT2D eigenvalue weighted by atomic mass is 16.6. The molecule has 0 radical (unpaired) electrons. The van der Waals surface area contributed by atoms with E-state index < -0.39 is 17.7 Å². The van der Waals surface area contributed by atoms with E-state index in [2.05, 4.69) is 20.9 Å². The summed E-state index contributed by atoms with van der Waals surface area (Å²) in [4.78, 5) is 27.5. The maximum Gasteiger partial charge on any atom is 0.407 e. The third-order valence-electron chi connectivity index (χ3n) is 2.54. The number of nitrogens with one attached hydrogen (secondary N) is 3. The van der Waals surface area contributed by atoms with Crippen LogP contribution >= 0.6 is 0 Å². The summed E-state index contributed by atoms with van der Waals surface area (Å²) < 4.78 is 5.11. The van der Waals surface area contributed by atoms with Gasteiger partial charge in [0.15, 0.2) is 0 Å². The molecule has 1 aliphatic heterocycles. The summed E-state index contributed by atoms with van der Waals surface area (Å²) in [6, 6.07) is 2.91. The summed E-state index contributed by atoms with van der Waals surface area (Å²) in [5, 5.41) is 8.26. The zero-order valence-electron chi connectivity index (χ0n) is 11.7. The smallest absolute Gasteiger partial charge is 0.407 e. The van der Waals surface area contributed by atoms with Gasteiger partial charge >= 0.3 is 6.09 Å². The predicted octanol–water partition coefficient (Wildman–Crippen LogP) is 1.34. The average Bonchev–Trinajstić information content (AvgIpc) is 2.34. The van der Waals surface area contributed by atoms with Crippen molar-refractivity contribution < 1.29 is 14.3 Å². The number of alkyl carbamates (subject to hydrolysis) is 1. The van der Waals surface area contributed by atoms with Crippen LogP contribution in [0.3, 0.4) is 0 Å². The number of pyridine rings is 1. The lowest BCUT2D eigenvalue weighted by atomic mass is 10.2. The van der Waals surface area contributed by atoms with Gasteiger partial charge in [-0.3, -0.25) is 4.79 Å². The van der Waals surface area contributed by atoms with Crippen molar-refractivity contribution in [3.05, 3.63) is 18.3 Å². The van der Waals surface area contributed by atoms with Crippen LogP contribution in [0.5, 0.6) is 0 Å². The van der Waals surface area contributed by atoms with Gasteiger partial charge in [0, 0.05) is 6.20 Å². The molecule has 7 nitrogen and oxygen atoms in total. The molecule has 1 atom stereocenters. The Morgan fingerprint density at radius 3 is 2.95 bits per heavy atom. The average molecular weight is 278 g/mol. The minimum Gasteiger partial charge on any atom is -0.444 e. The normalized spacial score (nSPS) is 17.6. The third kappa shape index (κ3) is 3.59. The van der Waals surface area contributed by atoms with Crippen molar-refractivity contribution in [3.8, 4) is 0 Å². The molecule has 1 aliphatic rings. The highest BCUT2D eigenvalue weighted by Crippen LogP contribution is 2.22. The second-order valence-corrected chi connectivity index (χ2v) is 5.47. The molecular weight excluding hydrogens is 260 g/mol. The Hall–Kier alpha value is -2.31. The number of fused-ring (bicyclic) bond motifs is 1. The van der Waals surface area contributed by atoms with Crippen molar-refractivity contribution >= 4 is 23.5 Å². The molecule has 20 heavy (non-hydrogen) atoms. The van der Waals surface area contributed by atoms with Gasteiger partial charge in [0.05, 0.1) is 12.2 Å². The van der Waals surface area contributed by atoms with E-state index in [0.717, 1.165) is 0 Å². The molecule has 1 aromatic rings. The fourth-order valence-electron chi connectivity index (χ4n) is 1.71. The zero-order chi connectivity index (χ0) is 14.8. The number of nitrogens with zero attached hydrogens (tertiary/aromatic N) is 1. The molecule has 0 saturated carbocycles. The van der Waals surface area contributed by atoms with Crippen molar-refractivity contribution in [1.29, 1.82) is 0 Å². The molecule has 0 aromatic carbocycles. The van der Waals surface area contributed by atoms with Crippen LogP contribution in [0, 0.1) is 0 Å². The Morgan fingerprint density at radius 2 is 2.25 bits per heavy atom. The molecule has 0 unspecified atom stereocenters. The van der Waals surface area contributed by atoms with Crippen LogP contribution < -0.4 is 16.0 Å². The molecule has 2 heterocycles. The van der Waals surface area contributed by atoms with Gasteiger partial charge in [0.1, 0.15) is 17.5 Å². The number of aromatic nitrogens is 1. The highest BCUT2D eigenvalue weighted by molar-refractivity contribution is 6.02. The minimum absolute atomic E-state index is 0.122. The van der Waals surface area contributed by atoms with Crippen LogP contribution in [0.15, 0.2) is 18.3 Å². The largest absolute Gasteiger partial charge is 0.444 e. The van der Waals surface area contributed by atoms with Gasteiger partial charge in [-0.05, 0) is 32.9 Å². The van der Waals surface area contributed by atoms with E-state index in [1.807, 2.05) is 0 Å². The number of ether oxygens (including phenoxy) is 1. The molecule has 3 N–H and O–H groups in total. The standard InChI is InChI=1S/C13H18N4O3/c1-13(2,3)20-12(19)15-7-9-11(18)17-8-5-4-6-14-10(8)16-9/h4-6,9H,7H2,1-3H3,(H,14,16)(H,15,19)(H,17,18)/t9-/m1/s1. The number of amides is 2. The van der Waals surface area contributed by atoms with Crippen LogP contribution in [-0.4, -0.2) is 35.2 Å². The summed E-state index contributed by atoms with van der Waals surface area (Å²) in [7, 11) is 0. The van der Waals surface area contributed by atoms with Gasteiger partial charge in [0.2, 0.25) is 5.91 Å². The lowest BCUT2D eigenvalue weighted by Crippen LogP contribution is -2.47. The van der Waals surface area contributed by atoms with E-state index in [1.165, 1.54) is 0 Å². The first-order chi connectivity index (χ1) is 9.35. The third-order valence-corrected chi connectivity index (χ3v) is 2.54. The van der Waals surface area contributed by atoms with Gasteiger partial charge < -0.3 is 20.7 Å². The number of carbonyl (C=O) groups is 2. The van der Waals surface area contributed by atoms with Crippen molar-refractivity contribution in [2.75, 3.05) is 17.2 Å². The first kappa shape index (κ1) is 14.1. The van der Waals surface area contributed by atoms with E-state index in [9.17, 15) is 9.59 Å². The molecule has 0 fully saturated rings. The molecule has 1 aromatic heterocycles. The molecule has 0 aliphatic carbocycles. The number of anilines is 2. The molecular formula is C13H18N4O3. The number of rotatable bonds is 2. The van der Waals surface area contributed by atoms with Gasteiger partial charge in [-0.15, -0.1) is 0 Å². The summed E-state index contributed by atoms with van der Waals surface area (Å²) >= 11 is 0. The van der Waals surface area contributed by atoms with Crippen LogP contribution in [0.4, 0.5) is 16.3 Å². The quantitative estimate of drug-likeness (QED) is 0.759. The maximum atomic E-state index is 11.9. The second-order valence-electron chi connectivity index (χ2n) is 5.47. The second kappa shape index (κ2) is 5.36. The summed E-state index contributed by atoms with van der Waals surface area (Å²) in [5.41, 5.74) is 0.0616. The summed E-state index contributed by atoms with van der Waals surface area (Å²) in [5.74, 6) is 0.365. The van der Waals surface area contributed by atoms with Crippen molar-refractivity contribution in [3.63, 3.8) is 0 Å².